The second kappa shape index (κ2) is 7.97. The van der Waals surface area contributed by atoms with Crippen LogP contribution >= 0.6 is 0 Å². The number of aromatic carboxylic acids is 1. The fraction of sp³-hybridized carbons (Fsp3) is 0.615. The number of carbonyl (C=O) groups is 1. The lowest BCUT2D eigenvalue weighted by atomic mass is 9.74. The second-order valence-corrected chi connectivity index (χ2v) is 10.2. The van der Waals surface area contributed by atoms with Gasteiger partial charge in [0, 0.05) is 41.9 Å². The summed E-state index contributed by atoms with van der Waals surface area (Å²) in [6.07, 6.45) is -3.76. The van der Waals surface area contributed by atoms with Crippen LogP contribution in [0.2, 0.25) is 0 Å². The van der Waals surface area contributed by atoms with E-state index >= 15 is 4.39 Å². The minimum atomic E-state index is -2.72. The van der Waals surface area contributed by atoms with Crippen molar-refractivity contribution >= 4 is 22.6 Å². The molecule has 0 spiro atoms. The van der Waals surface area contributed by atoms with Crippen LogP contribution in [0.15, 0.2) is 17.1 Å². The van der Waals surface area contributed by atoms with Gasteiger partial charge in [-0.2, -0.15) is 0 Å². The lowest BCUT2D eigenvalue weighted by Gasteiger charge is -2.45. The summed E-state index contributed by atoms with van der Waals surface area (Å²) in [5.41, 5.74) is -2.15. The summed E-state index contributed by atoms with van der Waals surface area (Å²) in [6, 6.07) is -1.88. The normalized spacial score (nSPS) is 34.3. The number of aromatic nitrogens is 1. The average Bonchev–Trinajstić information content (AvgIpc) is 3.01. The molecule has 7 nitrogen and oxygen atoms in total. The summed E-state index contributed by atoms with van der Waals surface area (Å²) in [5, 5.41) is 13.0. The molecule has 3 aliphatic rings. The SMILES string of the molecule is [2H]C1([2H])C([2H])([2H])C1([2H])n1cc(C(=O)O)c(=O)c2cc(F)c(N3C[C@@H]4CC(C)C(C)(C)N[C@@H]4[C@H]3C)c(OCC)c21. The van der Waals surface area contributed by atoms with Gasteiger partial charge in [-0.3, -0.25) is 4.79 Å². The van der Waals surface area contributed by atoms with Gasteiger partial charge in [0.1, 0.15) is 11.3 Å². The fourth-order valence-electron chi connectivity index (χ4n) is 5.64. The molecule has 1 aromatic heterocycles. The summed E-state index contributed by atoms with van der Waals surface area (Å²) >= 11 is 0. The molecule has 4 atom stereocenters. The Balaban J connectivity index is 1.80. The van der Waals surface area contributed by atoms with Crippen molar-refractivity contribution in [1.82, 2.24) is 9.88 Å². The van der Waals surface area contributed by atoms with Crippen LogP contribution in [0.1, 0.15) is 77.0 Å². The van der Waals surface area contributed by atoms with Gasteiger partial charge in [0.15, 0.2) is 11.6 Å². The number of hydrogen-bond acceptors (Lipinski definition) is 5. The Morgan fingerprint density at radius 1 is 1.41 bits per heavy atom. The van der Waals surface area contributed by atoms with Crippen LogP contribution in [0, 0.1) is 17.7 Å². The molecular formula is C26H34FN3O4. The van der Waals surface area contributed by atoms with Gasteiger partial charge in [0.25, 0.3) is 0 Å². The number of anilines is 1. The first-order valence-corrected chi connectivity index (χ1v) is 11.8. The predicted molar refractivity (Wildman–Crippen MR) is 130 cm³/mol. The van der Waals surface area contributed by atoms with Crippen LogP contribution in [0.3, 0.4) is 0 Å². The van der Waals surface area contributed by atoms with Crippen molar-refractivity contribution in [2.45, 2.75) is 77.4 Å². The number of nitrogens with one attached hydrogen (secondary N) is 1. The summed E-state index contributed by atoms with van der Waals surface area (Å²) in [7, 11) is 0. The molecule has 2 aromatic rings. The molecule has 3 heterocycles. The Hall–Kier alpha value is -2.61. The van der Waals surface area contributed by atoms with Gasteiger partial charge in [-0.05, 0) is 64.8 Å². The van der Waals surface area contributed by atoms with E-state index in [9.17, 15) is 14.7 Å². The first-order chi connectivity index (χ1) is 17.9. The van der Waals surface area contributed by atoms with E-state index in [0.717, 1.165) is 23.3 Å². The van der Waals surface area contributed by atoms with Crippen molar-refractivity contribution in [2.75, 3.05) is 18.1 Å². The lowest BCUT2D eigenvalue weighted by Crippen LogP contribution is -2.59. The predicted octanol–water partition coefficient (Wildman–Crippen LogP) is 4.17. The third kappa shape index (κ3) is 3.49. The molecule has 3 fully saturated rings. The molecular weight excluding hydrogens is 437 g/mol. The van der Waals surface area contributed by atoms with Crippen molar-refractivity contribution in [3.05, 3.63) is 33.9 Å². The zero-order valence-electron chi connectivity index (χ0n) is 25.0. The maximum atomic E-state index is 16.1. The Bertz CT molecular complexity index is 1430. The van der Waals surface area contributed by atoms with Gasteiger partial charge in [0.2, 0.25) is 5.43 Å². The van der Waals surface area contributed by atoms with E-state index in [-0.39, 0.29) is 47.1 Å². The van der Waals surface area contributed by atoms with Crippen LogP contribution in [0.5, 0.6) is 5.75 Å². The highest BCUT2D eigenvalue weighted by atomic mass is 19.1. The van der Waals surface area contributed by atoms with Crippen LogP contribution < -0.4 is 20.4 Å². The van der Waals surface area contributed by atoms with E-state index in [1.807, 2.05) is 11.8 Å². The summed E-state index contributed by atoms with van der Waals surface area (Å²) < 4.78 is 64.5. The van der Waals surface area contributed by atoms with Crippen molar-refractivity contribution in [2.24, 2.45) is 11.8 Å². The Kier molecular flexibility index (Phi) is 4.17. The van der Waals surface area contributed by atoms with Gasteiger partial charge in [-0.15, -0.1) is 0 Å². The van der Waals surface area contributed by atoms with Gasteiger partial charge < -0.3 is 24.6 Å². The third-order valence-corrected chi connectivity index (χ3v) is 7.83. The number of rotatable bonds is 5. The van der Waals surface area contributed by atoms with Crippen molar-refractivity contribution in [3.63, 3.8) is 0 Å². The quantitative estimate of drug-likeness (QED) is 0.674. The molecule has 1 aliphatic carbocycles. The molecule has 8 heteroatoms. The first kappa shape index (κ1) is 17.8. The number of hydrogen-bond donors (Lipinski definition) is 2. The second-order valence-electron chi connectivity index (χ2n) is 10.2. The topological polar surface area (TPSA) is 83.8 Å². The van der Waals surface area contributed by atoms with Crippen molar-refractivity contribution in [1.29, 1.82) is 0 Å². The van der Waals surface area contributed by atoms with Gasteiger partial charge in [-0.25, -0.2) is 9.18 Å². The largest absolute Gasteiger partial charge is 0.489 e. The summed E-state index contributed by atoms with van der Waals surface area (Å²) in [4.78, 5) is 27.0. The van der Waals surface area contributed by atoms with E-state index in [2.05, 4.69) is 26.1 Å². The molecule has 1 saturated carbocycles. The standard InChI is InChI=1S/C26H34FN3O4/c1-6-34-24-21-17(23(31)18(25(32)33)12-30(21)16-7-8-16)10-19(27)22(24)29-11-15-9-13(2)26(4,5)28-20(15)14(29)3/h10,12-16,20,28H,6-9,11H2,1-5H3,(H,32,33)/t13?,14-,15+,20-/m1/s1/i7D2,8D2,16D. The third-order valence-electron chi connectivity index (χ3n) is 7.83. The molecule has 2 aliphatic heterocycles. The summed E-state index contributed by atoms with van der Waals surface area (Å²) in [6.45, 7) is 10.6. The summed E-state index contributed by atoms with van der Waals surface area (Å²) in [5.74, 6) is -2.04. The molecule has 5 rings (SSSR count). The van der Waals surface area contributed by atoms with Gasteiger partial charge in [0.05, 0.1) is 18.9 Å². The number of carboxylic acid groups (broad SMARTS) is 1. The van der Waals surface area contributed by atoms with Crippen LogP contribution in [-0.2, 0) is 0 Å². The number of carboxylic acids is 1. The molecule has 184 valence electrons. The van der Waals surface area contributed by atoms with E-state index in [0.29, 0.717) is 12.5 Å². The molecule has 0 radical (unpaired) electrons. The number of nitrogens with zero attached hydrogens (tertiary/aromatic N) is 2. The molecule has 2 N–H and O–H groups in total. The van der Waals surface area contributed by atoms with E-state index in [4.69, 9.17) is 11.6 Å². The van der Waals surface area contributed by atoms with E-state index < -0.39 is 46.9 Å². The highest BCUT2D eigenvalue weighted by Gasteiger charge is 2.48. The zero-order chi connectivity index (χ0) is 29.0. The number of piperidine rings is 1. The lowest BCUT2D eigenvalue weighted by molar-refractivity contribution is 0.0694. The maximum absolute atomic E-state index is 16.1. The first-order valence-electron chi connectivity index (χ1n) is 14.3. The monoisotopic (exact) mass is 476 g/mol. The zero-order valence-corrected chi connectivity index (χ0v) is 20.0. The number of fused-ring (bicyclic) bond motifs is 2. The minimum absolute atomic E-state index is 0.0279. The number of halogens is 1. The van der Waals surface area contributed by atoms with E-state index in [1.54, 1.807) is 6.92 Å². The van der Waals surface area contributed by atoms with E-state index in [1.165, 1.54) is 0 Å². The highest BCUT2D eigenvalue weighted by molar-refractivity contribution is 5.97. The molecule has 0 bridgehead atoms. The smallest absolute Gasteiger partial charge is 0.341 e. The Morgan fingerprint density at radius 3 is 2.74 bits per heavy atom. The molecule has 0 amide bonds. The van der Waals surface area contributed by atoms with Crippen LogP contribution in [-0.4, -0.2) is 46.4 Å². The number of pyridine rings is 1. The van der Waals surface area contributed by atoms with Crippen molar-refractivity contribution in [3.8, 4) is 5.75 Å². The average molecular weight is 477 g/mol. The minimum Gasteiger partial charge on any atom is -0.489 e. The van der Waals surface area contributed by atoms with Gasteiger partial charge in [-0.1, -0.05) is 6.92 Å². The molecule has 2 saturated heterocycles. The van der Waals surface area contributed by atoms with Crippen molar-refractivity contribution < 1.29 is 25.9 Å². The number of benzene rings is 1. The maximum Gasteiger partial charge on any atom is 0.341 e. The van der Waals surface area contributed by atoms with Gasteiger partial charge >= 0.3 is 5.97 Å². The fourth-order valence-corrected chi connectivity index (χ4v) is 5.64. The molecule has 1 unspecified atom stereocenters. The molecule has 34 heavy (non-hydrogen) atoms. The Labute approximate surface area is 205 Å². The highest BCUT2D eigenvalue weighted by Crippen LogP contribution is 2.47. The molecule has 1 aromatic carbocycles. The Morgan fingerprint density at radius 2 is 2.12 bits per heavy atom. The van der Waals surface area contributed by atoms with Crippen LogP contribution in [0.4, 0.5) is 10.1 Å². The van der Waals surface area contributed by atoms with Crippen LogP contribution in [0.25, 0.3) is 10.9 Å². The number of ether oxygens (including phenoxy) is 1.